The van der Waals surface area contributed by atoms with Gasteiger partial charge in [0.1, 0.15) is 7.28 Å². The van der Waals surface area contributed by atoms with E-state index < -0.39 is 0 Å². The summed E-state index contributed by atoms with van der Waals surface area (Å²) in [7, 11) is 1.47. The third kappa shape index (κ3) is 5.31. The summed E-state index contributed by atoms with van der Waals surface area (Å²) in [5.41, 5.74) is 0. The van der Waals surface area contributed by atoms with Crippen LogP contribution in [0.5, 0.6) is 0 Å². The fraction of sp³-hybridized carbons (Fsp3) is 1.00. The predicted molar refractivity (Wildman–Crippen MR) is 52.7 cm³/mol. The molecular weight excluding hydrogens is 133 g/mol. The van der Waals surface area contributed by atoms with E-state index in [1.807, 2.05) is 0 Å². The first-order valence-electron chi connectivity index (χ1n) is 5.21. The fourth-order valence-electron chi connectivity index (χ4n) is 1.69. The first-order valence-corrected chi connectivity index (χ1v) is 5.21. The molecule has 0 saturated carbocycles. The van der Waals surface area contributed by atoms with Crippen LogP contribution < -0.4 is 5.32 Å². The summed E-state index contributed by atoms with van der Waals surface area (Å²) in [6, 6.07) is 0. The van der Waals surface area contributed by atoms with Crippen LogP contribution in [-0.4, -0.2) is 20.4 Å². The standard InChI is InChI=1S/C9H20BN/c1-2-6-10-7-3-5-9-11-8-4-1/h10-11H,1-9H2. The number of rotatable bonds is 0. The van der Waals surface area contributed by atoms with Gasteiger partial charge in [0.2, 0.25) is 0 Å². The van der Waals surface area contributed by atoms with E-state index in [1.54, 1.807) is 0 Å². The van der Waals surface area contributed by atoms with Gasteiger partial charge in [0.05, 0.1) is 0 Å². The second kappa shape index (κ2) is 6.72. The van der Waals surface area contributed by atoms with Crippen LogP contribution in [0.1, 0.15) is 32.1 Å². The molecule has 1 aliphatic rings. The van der Waals surface area contributed by atoms with Crippen LogP contribution in [0.3, 0.4) is 0 Å². The van der Waals surface area contributed by atoms with Crippen molar-refractivity contribution in [3.8, 4) is 0 Å². The second-order valence-corrected chi connectivity index (χ2v) is 3.58. The molecule has 0 aromatic rings. The molecule has 0 aromatic carbocycles. The molecule has 0 amide bonds. The van der Waals surface area contributed by atoms with Gasteiger partial charge in [-0.05, 0) is 25.9 Å². The molecule has 2 heteroatoms. The lowest BCUT2D eigenvalue weighted by Crippen LogP contribution is -2.16. The lowest BCUT2D eigenvalue weighted by atomic mass is 9.68. The summed E-state index contributed by atoms with van der Waals surface area (Å²) in [4.78, 5) is 0. The average Bonchev–Trinajstić information content (AvgIpc) is 2.08. The van der Waals surface area contributed by atoms with E-state index in [-0.39, 0.29) is 0 Å². The van der Waals surface area contributed by atoms with Crippen LogP contribution >= 0.6 is 0 Å². The van der Waals surface area contributed by atoms with Crippen molar-refractivity contribution < 1.29 is 0 Å². The monoisotopic (exact) mass is 153 g/mol. The summed E-state index contributed by atoms with van der Waals surface area (Å²) >= 11 is 0. The van der Waals surface area contributed by atoms with Crippen LogP contribution in [-0.2, 0) is 0 Å². The smallest absolute Gasteiger partial charge is 0.120 e. The van der Waals surface area contributed by atoms with Gasteiger partial charge < -0.3 is 5.32 Å². The van der Waals surface area contributed by atoms with E-state index in [0.717, 1.165) is 0 Å². The van der Waals surface area contributed by atoms with Crippen molar-refractivity contribution in [2.24, 2.45) is 0 Å². The fourth-order valence-corrected chi connectivity index (χ4v) is 1.69. The van der Waals surface area contributed by atoms with Crippen LogP contribution in [0.15, 0.2) is 0 Å². The zero-order valence-corrected chi connectivity index (χ0v) is 7.57. The Labute approximate surface area is 71.2 Å². The van der Waals surface area contributed by atoms with Crippen molar-refractivity contribution in [3.05, 3.63) is 0 Å². The third-order valence-corrected chi connectivity index (χ3v) is 2.46. The Morgan fingerprint density at radius 2 is 1.36 bits per heavy atom. The van der Waals surface area contributed by atoms with Crippen LogP contribution in [0.2, 0.25) is 12.6 Å². The van der Waals surface area contributed by atoms with Crippen molar-refractivity contribution in [2.75, 3.05) is 13.1 Å². The summed E-state index contributed by atoms with van der Waals surface area (Å²) in [5, 5.41) is 3.48. The third-order valence-electron chi connectivity index (χ3n) is 2.46. The Balaban J connectivity index is 2.02. The van der Waals surface area contributed by atoms with E-state index in [1.165, 1.54) is 65.1 Å². The Hall–Kier alpha value is 0.0249. The normalized spacial score (nSPS) is 23.3. The molecule has 1 saturated heterocycles. The highest BCUT2D eigenvalue weighted by atomic mass is 14.8. The lowest BCUT2D eigenvalue weighted by Gasteiger charge is -2.01. The number of hydrogen-bond donors (Lipinski definition) is 1. The van der Waals surface area contributed by atoms with Gasteiger partial charge in [-0.3, -0.25) is 0 Å². The van der Waals surface area contributed by atoms with Crippen LogP contribution in [0, 0.1) is 0 Å². The molecule has 0 unspecified atom stereocenters. The molecule has 1 heterocycles. The molecule has 1 N–H and O–H groups in total. The average molecular weight is 153 g/mol. The first-order chi connectivity index (χ1) is 5.50. The topological polar surface area (TPSA) is 12.0 Å². The zero-order chi connectivity index (χ0) is 7.78. The molecule has 0 bridgehead atoms. The maximum absolute atomic E-state index is 3.48. The molecule has 0 aliphatic carbocycles. The highest BCUT2D eigenvalue weighted by molar-refractivity contribution is 6.35. The summed E-state index contributed by atoms with van der Waals surface area (Å²) in [5.74, 6) is 0. The maximum atomic E-state index is 3.48. The second-order valence-electron chi connectivity index (χ2n) is 3.58. The number of hydrogen-bond acceptors (Lipinski definition) is 1. The highest BCUT2D eigenvalue weighted by Gasteiger charge is 1.96. The molecule has 0 atom stereocenters. The maximum Gasteiger partial charge on any atom is 0.120 e. The van der Waals surface area contributed by atoms with Gasteiger partial charge in [-0.15, -0.1) is 0 Å². The zero-order valence-electron chi connectivity index (χ0n) is 7.57. The van der Waals surface area contributed by atoms with Crippen molar-refractivity contribution in [3.63, 3.8) is 0 Å². The Morgan fingerprint density at radius 3 is 2.18 bits per heavy atom. The Morgan fingerprint density at radius 1 is 0.727 bits per heavy atom. The summed E-state index contributed by atoms with van der Waals surface area (Å²) in [6.07, 6.45) is 10.0. The summed E-state index contributed by atoms with van der Waals surface area (Å²) in [6.45, 7) is 2.50. The molecule has 1 rings (SSSR count). The lowest BCUT2D eigenvalue weighted by molar-refractivity contribution is 0.600. The molecule has 1 nitrogen and oxygen atoms in total. The van der Waals surface area contributed by atoms with Crippen molar-refractivity contribution in [1.82, 2.24) is 5.32 Å². The van der Waals surface area contributed by atoms with Gasteiger partial charge >= 0.3 is 0 Å². The Kier molecular flexibility index (Phi) is 5.57. The van der Waals surface area contributed by atoms with E-state index in [0.29, 0.717) is 0 Å². The van der Waals surface area contributed by atoms with Gasteiger partial charge in [-0.25, -0.2) is 0 Å². The molecule has 0 spiro atoms. The van der Waals surface area contributed by atoms with Gasteiger partial charge in [0.25, 0.3) is 0 Å². The van der Waals surface area contributed by atoms with E-state index >= 15 is 0 Å². The van der Waals surface area contributed by atoms with Crippen LogP contribution in [0.25, 0.3) is 0 Å². The quantitative estimate of drug-likeness (QED) is 0.523. The van der Waals surface area contributed by atoms with Crippen molar-refractivity contribution >= 4 is 7.28 Å². The first kappa shape index (κ1) is 9.12. The molecule has 0 radical (unpaired) electrons. The minimum absolute atomic E-state index is 1.25. The molecule has 0 aromatic heterocycles. The molecule has 11 heavy (non-hydrogen) atoms. The Bertz CT molecular complexity index is 47.6. The van der Waals surface area contributed by atoms with Crippen molar-refractivity contribution in [2.45, 2.75) is 44.7 Å². The van der Waals surface area contributed by atoms with E-state index in [9.17, 15) is 0 Å². The van der Waals surface area contributed by atoms with E-state index in [2.05, 4.69) is 5.32 Å². The van der Waals surface area contributed by atoms with Gasteiger partial charge in [-0.2, -0.15) is 0 Å². The van der Waals surface area contributed by atoms with Gasteiger partial charge in [-0.1, -0.05) is 31.9 Å². The minimum atomic E-state index is 1.25. The van der Waals surface area contributed by atoms with Crippen molar-refractivity contribution in [1.29, 1.82) is 0 Å². The van der Waals surface area contributed by atoms with E-state index in [4.69, 9.17) is 0 Å². The van der Waals surface area contributed by atoms with Crippen LogP contribution in [0.4, 0.5) is 0 Å². The molecule has 1 fully saturated rings. The highest BCUT2D eigenvalue weighted by Crippen LogP contribution is 2.04. The molecular formula is C9H20BN. The predicted octanol–water partition coefficient (Wildman–Crippen LogP) is 1.81. The molecule has 64 valence electrons. The number of nitrogens with one attached hydrogen (secondary N) is 1. The summed E-state index contributed by atoms with van der Waals surface area (Å²) < 4.78 is 0. The van der Waals surface area contributed by atoms with Gasteiger partial charge in [0, 0.05) is 0 Å². The largest absolute Gasteiger partial charge is 0.317 e. The molecule has 1 aliphatic heterocycles. The van der Waals surface area contributed by atoms with Gasteiger partial charge in [0.15, 0.2) is 0 Å². The SMILES string of the molecule is B1CCCCCNCCCC1. The minimum Gasteiger partial charge on any atom is -0.317 e.